The first-order valence-electron chi connectivity index (χ1n) is 10.3. The van der Waals surface area contributed by atoms with Crippen LogP contribution in [0, 0.1) is 0 Å². The zero-order chi connectivity index (χ0) is 21.0. The number of hydrogen-bond donors (Lipinski definition) is 0. The Morgan fingerprint density at radius 3 is 2.22 bits per heavy atom. The van der Waals surface area contributed by atoms with E-state index >= 15 is 0 Å². The Balaban J connectivity index is 0.00000245. The molecule has 10 heteroatoms. The van der Waals surface area contributed by atoms with Crippen LogP contribution in [0.4, 0.5) is 0 Å². The zero-order valence-corrected chi connectivity index (χ0v) is 18.9. The lowest BCUT2D eigenvalue weighted by Crippen LogP contribution is -3.00. The van der Waals surface area contributed by atoms with Crippen LogP contribution in [0.1, 0.15) is 29.0 Å². The van der Waals surface area contributed by atoms with Gasteiger partial charge in [-0.15, -0.1) is 5.10 Å². The second-order valence-corrected chi connectivity index (χ2v) is 8.00. The van der Waals surface area contributed by atoms with E-state index in [2.05, 4.69) is 25.3 Å². The van der Waals surface area contributed by atoms with Crippen LogP contribution in [0.3, 0.4) is 0 Å². The van der Waals surface area contributed by atoms with Crippen molar-refractivity contribution >= 4 is 11.6 Å². The van der Waals surface area contributed by atoms with Gasteiger partial charge in [0.2, 0.25) is 0 Å². The first-order valence-corrected chi connectivity index (χ1v) is 10.7. The molecule has 8 nitrogen and oxygen atoms in total. The van der Waals surface area contributed by atoms with E-state index in [1.54, 1.807) is 17.2 Å². The van der Waals surface area contributed by atoms with Crippen LogP contribution in [-0.2, 0) is 13.1 Å². The highest BCUT2D eigenvalue weighted by atomic mass is 35.5. The molecule has 0 aliphatic carbocycles. The minimum atomic E-state index is -0.149. The van der Waals surface area contributed by atoms with Gasteiger partial charge in [-0.25, -0.2) is 4.68 Å². The topological polar surface area (TPSA) is 76.4 Å². The quantitative estimate of drug-likeness (QED) is 0.386. The van der Waals surface area contributed by atoms with Gasteiger partial charge >= 0.3 is 0 Å². The second kappa shape index (κ2) is 10.3. The van der Waals surface area contributed by atoms with Crippen LogP contribution in [-0.4, -0.2) is 56.2 Å². The van der Waals surface area contributed by atoms with Gasteiger partial charge in [0, 0.05) is 31.2 Å². The summed E-state index contributed by atoms with van der Waals surface area (Å²) in [7, 11) is 0. The summed E-state index contributed by atoms with van der Waals surface area (Å²) >= 11 is 6.63. The fraction of sp³-hybridized carbons (Fsp3) is 0.318. The molecule has 4 heterocycles. The van der Waals surface area contributed by atoms with Gasteiger partial charge in [-0.3, -0.25) is 9.80 Å². The Hall–Kier alpha value is -2.65. The third-order valence-electron chi connectivity index (χ3n) is 5.62. The summed E-state index contributed by atoms with van der Waals surface area (Å²) in [5.74, 6) is 2.54. The van der Waals surface area contributed by atoms with Crippen molar-refractivity contribution in [1.82, 2.24) is 30.0 Å². The molecule has 1 unspecified atom stereocenters. The number of halogens is 2. The summed E-state index contributed by atoms with van der Waals surface area (Å²) in [6.07, 6.45) is 3.38. The van der Waals surface area contributed by atoms with E-state index < -0.39 is 0 Å². The Labute approximate surface area is 197 Å². The highest BCUT2D eigenvalue weighted by molar-refractivity contribution is 6.31. The number of hydrogen-bond acceptors (Lipinski definition) is 7. The van der Waals surface area contributed by atoms with Crippen molar-refractivity contribution < 1.29 is 21.2 Å². The molecule has 1 aliphatic rings. The summed E-state index contributed by atoms with van der Waals surface area (Å²) in [6, 6.07) is 15.5. The van der Waals surface area contributed by atoms with Crippen molar-refractivity contribution in [2.24, 2.45) is 0 Å². The average molecular weight is 474 g/mol. The Kier molecular flexibility index (Phi) is 7.26. The maximum Gasteiger partial charge on any atom is 0.173 e. The first kappa shape index (κ1) is 22.5. The number of benzene rings is 1. The molecule has 32 heavy (non-hydrogen) atoms. The maximum atomic E-state index is 6.63. The smallest absolute Gasteiger partial charge is 0.173 e. The van der Waals surface area contributed by atoms with Gasteiger partial charge in [-0.05, 0) is 46.3 Å². The molecule has 0 saturated carbocycles. The molecule has 1 aromatic carbocycles. The van der Waals surface area contributed by atoms with Crippen molar-refractivity contribution in [3.05, 3.63) is 89.0 Å². The van der Waals surface area contributed by atoms with Crippen molar-refractivity contribution in [2.45, 2.75) is 19.1 Å². The molecule has 1 atom stereocenters. The van der Waals surface area contributed by atoms with Crippen LogP contribution in [0.5, 0.6) is 0 Å². The number of furan rings is 2. The number of nitrogens with zero attached hydrogens (tertiary/aromatic N) is 6. The summed E-state index contributed by atoms with van der Waals surface area (Å²) in [5, 5.41) is 13.3. The summed E-state index contributed by atoms with van der Waals surface area (Å²) in [6.45, 7) is 4.85. The van der Waals surface area contributed by atoms with Crippen LogP contribution >= 0.6 is 11.6 Å². The van der Waals surface area contributed by atoms with Crippen molar-refractivity contribution in [3.8, 4) is 0 Å². The third kappa shape index (κ3) is 4.88. The van der Waals surface area contributed by atoms with E-state index in [9.17, 15) is 0 Å². The third-order valence-corrected chi connectivity index (χ3v) is 5.97. The molecule has 168 valence electrons. The van der Waals surface area contributed by atoms with Gasteiger partial charge in [-0.1, -0.05) is 29.8 Å². The monoisotopic (exact) mass is 473 g/mol. The summed E-state index contributed by atoms with van der Waals surface area (Å²) in [4.78, 5) is 4.79. The molecule has 1 aliphatic heterocycles. The lowest BCUT2D eigenvalue weighted by atomic mass is 10.0. The Morgan fingerprint density at radius 1 is 0.875 bits per heavy atom. The van der Waals surface area contributed by atoms with Gasteiger partial charge in [0.1, 0.15) is 18.1 Å². The molecule has 0 N–H and O–H groups in total. The maximum absolute atomic E-state index is 6.63. The first-order chi connectivity index (χ1) is 15.3. The predicted molar refractivity (Wildman–Crippen MR) is 114 cm³/mol. The molecule has 1 saturated heterocycles. The summed E-state index contributed by atoms with van der Waals surface area (Å²) < 4.78 is 12.8. The minimum absolute atomic E-state index is 0. The standard InChI is InChI=1S/C22H23ClN6O2.ClH/c23-20-8-2-1-7-19(20)21(22-24-25-26-29(22)16-18-6-4-14-31-18)28-11-9-27(10-12-28)15-17-5-3-13-30-17;/h1-8,13-14,21H,9-12,15-16H2;1H/p-1. The molecule has 1 fully saturated rings. The lowest BCUT2D eigenvalue weighted by molar-refractivity contribution is -0.00000741. The van der Waals surface area contributed by atoms with Gasteiger partial charge < -0.3 is 21.2 Å². The van der Waals surface area contributed by atoms with E-state index in [-0.39, 0.29) is 18.4 Å². The fourth-order valence-corrected chi connectivity index (χ4v) is 4.31. The largest absolute Gasteiger partial charge is 1.00 e. The van der Waals surface area contributed by atoms with E-state index in [0.29, 0.717) is 11.6 Å². The van der Waals surface area contributed by atoms with E-state index in [1.165, 1.54) is 0 Å². The predicted octanol–water partition coefficient (Wildman–Crippen LogP) is 0.472. The van der Waals surface area contributed by atoms with Crippen LogP contribution in [0.15, 0.2) is 69.9 Å². The molecular formula is C22H23Cl2N6O2-. The number of tetrazole rings is 1. The molecule has 3 aromatic heterocycles. The molecule has 4 aromatic rings. The molecular weight excluding hydrogens is 451 g/mol. The Morgan fingerprint density at radius 2 is 1.56 bits per heavy atom. The van der Waals surface area contributed by atoms with E-state index in [1.807, 2.05) is 48.5 Å². The lowest BCUT2D eigenvalue weighted by Gasteiger charge is -2.38. The minimum Gasteiger partial charge on any atom is -1.00 e. The van der Waals surface area contributed by atoms with Crippen LogP contribution in [0.25, 0.3) is 0 Å². The second-order valence-electron chi connectivity index (χ2n) is 7.59. The molecule has 0 amide bonds. The Bertz CT molecular complexity index is 1090. The van der Waals surface area contributed by atoms with Crippen molar-refractivity contribution in [1.29, 1.82) is 0 Å². The summed E-state index contributed by atoms with van der Waals surface area (Å²) in [5.41, 5.74) is 0.999. The fourth-order valence-electron chi connectivity index (χ4n) is 4.07. The molecule has 0 spiro atoms. The zero-order valence-electron chi connectivity index (χ0n) is 17.3. The van der Waals surface area contributed by atoms with Crippen LogP contribution < -0.4 is 12.4 Å². The number of aromatic nitrogens is 4. The van der Waals surface area contributed by atoms with E-state index in [4.69, 9.17) is 20.4 Å². The molecule has 0 bridgehead atoms. The average Bonchev–Trinajstić information content (AvgIpc) is 3.56. The van der Waals surface area contributed by atoms with Gasteiger partial charge in [0.05, 0.1) is 25.1 Å². The SMILES string of the molecule is Clc1ccccc1C(c1nnnn1Cc1ccco1)N1CCN(Cc2ccco2)CC1.[Cl-]. The molecule has 0 radical (unpaired) electrons. The van der Waals surface area contributed by atoms with Crippen LogP contribution in [0.2, 0.25) is 5.02 Å². The number of piperazine rings is 1. The van der Waals surface area contributed by atoms with E-state index in [0.717, 1.165) is 55.6 Å². The van der Waals surface area contributed by atoms with Crippen molar-refractivity contribution in [2.75, 3.05) is 26.2 Å². The van der Waals surface area contributed by atoms with Gasteiger partial charge in [0.15, 0.2) is 5.82 Å². The number of rotatable bonds is 7. The normalized spacial score (nSPS) is 16.0. The highest BCUT2D eigenvalue weighted by Crippen LogP contribution is 2.33. The highest BCUT2D eigenvalue weighted by Gasteiger charge is 2.32. The van der Waals surface area contributed by atoms with Crippen molar-refractivity contribution in [3.63, 3.8) is 0 Å². The van der Waals surface area contributed by atoms with Gasteiger partial charge in [0.25, 0.3) is 0 Å². The molecule has 5 rings (SSSR count). The van der Waals surface area contributed by atoms with Gasteiger partial charge in [-0.2, -0.15) is 0 Å².